The summed E-state index contributed by atoms with van der Waals surface area (Å²) in [6, 6.07) is 185. The zero-order valence-electron chi connectivity index (χ0n) is 72.6. The first-order valence-corrected chi connectivity index (χ1v) is 47.1. The third-order valence-corrected chi connectivity index (χ3v) is 31.5. The second kappa shape index (κ2) is 33.6. The van der Waals surface area contributed by atoms with Crippen LogP contribution in [0.1, 0.15) is 25.0 Å². The minimum Gasteiger partial charge on any atom is -0.278 e. The maximum absolute atomic E-state index is 5.42. The molecule has 0 unspecified atom stereocenters. The van der Waals surface area contributed by atoms with Crippen molar-refractivity contribution in [2.45, 2.75) is 19.3 Å². The van der Waals surface area contributed by atoms with Gasteiger partial charge < -0.3 is 0 Å². The number of fused-ring (bicyclic) bond motifs is 6. The molecule has 0 atom stereocenters. The molecule has 0 saturated heterocycles. The van der Waals surface area contributed by atoms with Gasteiger partial charge in [-0.05, 0) is 268 Å². The summed E-state index contributed by atoms with van der Waals surface area (Å²) in [5.74, 6) is 1.78. The van der Waals surface area contributed by atoms with Crippen LogP contribution in [0.2, 0.25) is 0 Å². The molecular formula is C126H88N4Si. The number of hydrogen-bond donors (Lipinski definition) is 0. The van der Waals surface area contributed by atoms with Crippen LogP contribution in [-0.2, 0) is 5.41 Å². The molecule has 0 saturated carbocycles. The van der Waals surface area contributed by atoms with E-state index in [9.17, 15) is 0 Å². The molecule has 0 aliphatic heterocycles. The molecule has 1 aliphatic rings. The van der Waals surface area contributed by atoms with Crippen molar-refractivity contribution in [1.82, 2.24) is 19.5 Å². The molecule has 4 nitrogen and oxygen atoms in total. The first-order valence-electron chi connectivity index (χ1n) is 45.1. The number of aromatic nitrogens is 4. The lowest BCUT2D eigenvalue weighted by atomic mass is 9.82. The van der Waals surface area contributed by atoms with E-state index < -0.39 is 13.5 Å². The molecule has 23 rings (SSSR count). The van der Waals surface area contributed by atoms with Crippen molar-refractivity contribution in [1.29, 1.82) is 0 Å². The van der Waals surface area contributed by atoms with E-state index in [1.165, 1.54) is 110 Å². The highest BCUT2D eigenvalue weighted by atomic mass is 28.3. The van der Waals surface area contributed by atoms with Crippen LogP contribution in [0.3, 0.4) is 0 Å². The Morgan fingerprint density at radius 1 is 0.176 bits per heavy atom. The average molecular weight is 1690 g/mol. The van der Waals surface area contributed by atoms with E-state index in [1.807, 2.05) is 36.4 Å². The molecule has 616 valence electrons. The van der Waals surface area contributed by atoms with Gasteiger partial charge in [0.15, 0.2) is 19.7 Å². The Balaban J connectivity index is 0.734. The Labute approximate surface area is 765 Å². The largest absolute Gasteiger partial charge is 0.278 e. The van der Waals surface area contributed by atoms with E-state index in [1.54, 1.807) is 0 Å². The van der Waals surface area contributed by atoms with Crippen molar-refractivity contribution >= 4 is 50.6 Å². The molecule has 0 radical (unpaired) electrons. The van der Waals surface area contributed by atoms with Crippen LogP contribution in [0.4, 0.5) is 0 Å². The van der Waals surface area contributed by atoms with Gasteiger partial charge in [0.05, 0.1) is 11.0 Å². The second-order valence-electron chi connectivity index (χ2n) is 35.0. The molecule has 131 heavy (non-hydrogen) atoms. The van der Waals surface area contributed by atoms with Crippen LogP contribution < -0.4 is 20.7 Å². The molecule has 0 amide bonds. The Kier molecular flexibility index (Phi) is 20.3. The molecule has 2 aromatic heterocycles. The lowest BCUT2D eigenvalue weighted by molar-refractivity contribution is 0.661. The molecule has 2 heterocycles. The molecule has 0 spiro atoms. The monoisotopic (exact) mass is 1680 g/mol. The van der Waals surface area contributed by atoms with Crippen LogP contribution in [0.15, 0.2) is 497 Å². The van der Waals surface area contributed by atoms with Crippen molar-refractivity contribution in [3.8, 4) is 173 Å². The summed E-state index contributed by atoms with van der Waals surface area (Å²) in [7, 11) is -3.65. The molecule has 1 aliphatic carbocycles. The van der Waals surface area contributed by atoms with E-state index in [0.29, 0.717) is 17.6 Å². The van der Waals surface area contributed by atoms with Crippen molar-refractivity contribution in [3.05, 3.63) is 509 Å². The van der Waals surface area contributed by atoms with Gasteiger partial charge in [-0.25, -0.2) is 4.98 Å². The molecular weight excluding hydrogens is 1600 g/mol. The van der Waals surface area contributed by atoms with Crippen molar-refractivity contribution in [2.75, 3.05) is 0 Å². The fraction of sp³-hybridized carbons (Fsp3) is 0.0238. The fourth-order valence-corrected chi connectivity index (χ4v) is 24.9. The van der Waals surface area contributed by atoms with Crippen LogP contribution in [0.25, 0.3) is 195 Å². The summed E-state index contributed by atoms with van der Waals surface area (Å²) in [5, 5.41) is 7.32. The van der Waals surface area contributed by atoms with E-state index >= 15 is 0 Å². The number of nitrogens with zero attached hydrogens (tertiary/aromatic N) is 4. The topological polar surface area (TPSA) is 43.6 Å². The second-order valence-corrected chi connectivity index (χ2v) is 38.8. The Morgan fingerprint density at radius 3 is 0.817 bits per heavy atom. The summed E-state index contributed by atoms with van der Waals surface area (Å²) >= 11 is 0. The molecule has 20 aromatic carbocycles. The highest BCUT2D eigenvalue weighted by molar-refractivity contribution is 7.20. The average Bonchev–Trinajstić information content (AvgIpc) is 1.58. The van der Waals surface area contributed by atoms with Gasteiger partial charge in [-0.3, -0.25) is 4.57 Å². The van der Waals surface area contributed by atoms with E-state index in [4.69, 9.17) is 15.0 Å². The van der Waals surface area contributed by atoms with Crippen LogP contribution in [0, 0.1) is 0 Å². The minimum atomic E-state index is -3.65. The van der Waals surface area contributed by atoms with Gasteiger partial charge in [-0.15, -0.1) is 0 Å². The first-order chi connectivity index (χ1) is 64.6. The van der Waals surface area contributed by atoms with Gasteiger partial charge in [0.25, 0.3) is 0 Å². The summed E-state index contributed by atoms with van der Waals surface area (Å²) < 4.78 is 2.28. The number of hydrogen-bond acceptors (Lipinski definition) is 3. The van der Waals surface area contributed by atoms with E-state index in [-0.39, 0.29) is 0 Å². The zero-order chi connectivity index (χ0) is 87.4. The number of para-hydroxylation sites is 1. The number of rotatable bonds is 19. The molecule has 0 fully saturated rings. The normalized spacial score (nSPS) is 12.1. The summed E-state index contributed by atoms with van der Waals surface area (Å²) in [6.07, 6.45) is 0. The predicted octanol–water partition coefficient (Wildman–Crippen LogP) is 30.0. The molecule has 22 aromatic rings. The maximum atomic E-state index is 5.42. The Hall–Kier alpha value is -16.6. The number of benzene rings is 20. The fourth-order valence-electron chi connectivity index (χ4n) is 20.1. The zero-order valence-corrected chi connectivity index (χ0v) is 73.6. The maximum Gasteiger partial charge on any atom is 0.238 e. The molecule has 0 N–H and O–H groups in total. The van der Waals surface area contributed by atoms with Gasteiger partial charge in [0.1, 0.15) is 0 Å². The smallest absolute Gasteiger partial charge is 0.238 e. The van der Waals surface area contributed by atoms with Gasteiger partial charge in [0, 0.05) is 27.3 Å². The Bertz CT molecular complexity index is 7610. The summed E-state index contributed by atoms with van der Waals surface area (Å²) in [6.45, 7) is 4.88. The van der Waals surface area contributed by atoms with E-state index in [2.05, 4.69) is 479 Å². The van der Waals surface area contributed by atoms with Crippen LogP contribution in [-0.4, -0.2) is 27.6 Å². The Morgan fingerprint density at radius 2 is 0.443 bits per heavy atom. The quantitative estimate of drug-likeness (QED) is 0.0599. The van der Waals surface area contributed by atoms with Crippen molar-refractivity contribution in [2.24, 2.45) is 0 Å². The minimum absolute atomic E-state index is 0.516. The van der Waals surface area contributed by atoms with Crippen LogP contribution >= 0.6 is 0 Å². The summed E-state index contributed by atoms with van der Waals surface area (Å²) in [4.78, 5) is 16.0. The third-order valence-electron chi connectivity index (χ3n) is 26.7. The first kappa shape index (κ1) is 79.1. The lowest BCUT2D eigenvalue weighted by Crippen LogP contribution is -2.74. The highest BCUT2D eigenvalue weighted by Gasteiger charge is 2.45. The highest BCUT2D eigenvalue weighted by Crippen LogP contribution is 2.52. The molecule has 0 bridgehead atoms. The summed E-state index contributed by atoms with van der Waals surface area (Å²) in [5.41, 5.74) is 36.2. The SMILES string of the molecule is CC1(C)c2cc([Si](c3ccc(-c4cccc(-c5cc(-c6ccccc6)cc(-c6ccccc6)c5)c4)cc3)(c3cccc(-c4cccc(-c5cc(-c6ccccc6)cc(-c6ccccc6)c5)c4)c3)c3cccc(-c4cccc(-c5cc(-c6ccccc6)cc(-c6ccccc6)c5)c4)c3)ccc2-c2cc3c4ccccc4n(-c4nc(-c5ccccc5)nc(-c5ccccc5)n4)c3cc21. The molecule has 5 heteroatoms. The van der Waals surface area contributed by atoms with Crippen molar-refractivity contribution in [3.63, 3.8) is 0 Å². The van der Waals surface area contributed by atoms with Crippen molar-refractivity contribution < 1.29 is 0 Å². The standard InChI is InChI=1S/C126H88N4Si/c1-126(2)119-82-114(66-67-115(119)117-83-118-116-60-27-28-61-121(116)130(122(118)84-120(117)126)125-128-123(92-46-23-9-24-47-92)127-124(129-125)93-48-25-10-26-49-93)131(111-64-62-91(63-65-111)94-50-29-53-97(68-94)108-74-102(85-34-11-3-12-35-85)71-103(75-108)86-36-13-4-14-37-86,112-58-32-56-100(80-112)95-51-30-54-98(69-95)109-76-104(87-38-15-5-16-39-87)72-105(77-109)88-40-17-6-18-41-88)113-59-33-57-101(81-113)96-52-31-55-99(70-96)110-78-106(89-42-19-7-20-43-89)73-107(79-110)90-44-21-8-22-45-90/h3-84H,1-2H3. The third kappa shape index (κ3) is 14.9. The van der Waals surface area contributed by atoms with Gasteiger partial charge in [-0.2, -0.15) is 9.97 Å². The van der Waals surface area contributed by atoms with Crippen LogP contribution in [0.5, 0.6) is 0 Å². The van der Waals surface area contributed by atoms with E-state index in [0.717, 1.165) is 99.7 Å². The van der Waals surface area contributed by atoms with Gasteiger partial charge in [-0.1, -0.05) is 420 Å². The lowest BCUT2D eigenvalue weighted by Gasteiger charge is -2.36. The predicted molar refractivity (Wildman–Crippen MR) is 551 cm³/mol. The van der Waals surface area contributed by atoms with Gasteiger partial charge in [0.2, 0.25) is 5.95 Å². The van der Waals surface area contributed by atoms with Gasteiger partial charge >= 0.3 is 0 Å².